The van der Waals surface area contributed by atoms with E-state index in [1.165, 1.54) is 27.7 Å². The fourth-order valence-electron chi connectivity index (χ4n) is 2.42. The van der Waals surface area contributed by atoms with Gasteiger partial charge in [0.2, 0.25) is 0 Å². The molecule has 0 aliphatic carbocycles. The molecule has 0 fully saturated rings. The molecule has 0 aliphatic rings. The van der Waals surface area contributed by atoms with Crippen LogP contribution < -0.4 is 10.6 Å². The van der Waals surface area contributed by atoms with E-state index in [9.17, 15) is 38.4 Å². The molecule has 234 valence electrons. The number of rotatable bonds is 16. The maximum Gasteiger partial charge on any atom is 0.417 e. The van der Waals surface area contributed by atoms with Gasteiger partial charge in [-0.1, -0.05) is 13.2 Å². The minimum Gasteiger partial charge on any atom is -0.459 e. The first-order chi connectivity index (χ1) is 19.6. The Morgan fingerprint density at radius 3 is 1.10 bits per heavy atom. The highest BCUT2D eigenvalue weighted by molar-refractivity contribution is 6.35. The van der Waals surface area contributed by atoms with Crippen LogP contribution in [0.2, 0.25) is 0 Å². The van der Waals surface area contributed by atoms with Crippen LogP contribution in [0.15, 0.2) is 24.3 Å². The van der Waals surface area contributed by atoms with Crippen LogP contribution in [0.1, 0.15) is 40.5 Å². The third kappa shape index (κ3) is 17.0. The molecule has 16 heteroatoms. The van der Waals surface area contributed by atoms with E-state index in [1.807, 2.05) is 0 Å². The first kappa shape index (κ1) is 37.2. The van der Waals surface area contributed by atoms with Crippen molar-refractivity contribution in [1.82, 2.24) is 10.6 Å². The summed E-state index contributed by atoms with van der Waals surface area (Å²) in [6.07, 6.45) is -1.51. The van der Waals surface area contributed by atoms with Gasteiger partial charge in [-0.3, -0.25) is 9.59 Å². The molecule has 0 aromatic heterocycles. The number of amides is 2. The topological polar surface area (TPSA) is 216 Å². The fraction of sp³-hybridized carbons (Fsp3) is 0.538. The van der Waals surface area contributed by atoms with Gasteiger partial charge in [-0.25, -0.2) is 28.8 Å². The first-order valence-electron chi connectivity index (χ1n) is 12.6. The van der Waals surface area contributed by atoms with Crippen LogP contribution in [0.5, 0.6) is 0 Å². The quantitative estimate of drug-likeness (QED) is 0.0728. The smallest absolute Gasteiger partial charge is 0.417 e. The Morgan fingerprint density at radius 2 is 0.810 bits per heavy atom. The van der Waals surface area contributed by atoms with E-state index in [1.54, 1.807) is 0 Å². The first-order valence-corrected chi connectivity index (χ1v) is 12.6. The van der Waals surface area contributed by atoms with E-state index in [-0.39, 0.29) is 63.5 Å². The molecular weight excluding hydrogens is 564 g/mol. The summed E-state index contributed by atoms with van der Waals surface area (Å²) in [6.45, 7) is 11.1. The number of carbonyl (C=O) groups is 8. The Balaban J connectivity index is 4.11. The fourth-order valence-corrected chi connectivity index (χ4v) is 2.42. The van der Waals surface area contributed by atoms with Gasteiger partial charge in [-0.2, -0.15) is 0 Å². The number of hydrogen-bond acceptors (Lipinski definition) is 14. The Kier molecular flexibility index (Phi) is 17.9. The molecule has 42 heavy (non-hydrogen) atoms. The molecule has 2 atom stereocenters. The van der Waals surface area contributed by atoms with E-state index in [0.717, 1.165) is 0 Å². The predicted octanol–water partition coefficient (Wildman–Crippen LogP) is -0.813. The molecule has 0 saturated heterocycles. The van der Waals surface area contributed by atoms with Crippen LogP contribution in [0.3, 0.4) is 0 Å². The number of ether oxygens (including phenoxy) is 6. The highest BCUT2D eigenvalue weighted by Gasteiger charge is 2.22. The van der Waals surface area contributed by atoms with Crippen molar-refractivity contribution < 1.29 is 66.8 Å². The Bertz CT molecular complexity index is 970. The molecule has 0 radical (unpaired) electrons. The number of esters is 6. The zero-order chi connectivity index (χ0) is 32.2. The van der Waals surface area contributed by atoms with Gasteiger partial charge in [0.15, 0.2) is 0 Å². The van der Waals surface area contributed by atoms with Gasteiger partial charge in [-0.15, -0.1) is 0 Å². The minimum absolute atomic E-state index is 0.0632. The average molecular weight is 601 g/mol. The standard InChI is InChI=1S/C26H36N2O14/c1-15(2)21(31)37-11-13-39-23(33)25(35)41-17(5)7-9-27-19(29)20(30)28-10-8-18(6)42-26(36)24(34)40-14-12-38-22(32)16(3)4/h17-18H,1,3,7-14H2,2,4-6H3,(H,27,29)(H,28,30). The zero-order valence-electron chi connectivity index (χ0n) is 23.9. The maximum atomic E-state index is 11.9. The van der Waals surface area contributed by atoms with Crippen molar-refractivity contribution in [2.24, 2.45) is 0 Å². The van der Waals surface area contributed by atoms with Crippen molar-refractivity contribution in [3.63, 3.8) is 0 Å². The second-order valence-electron chi connectivity index (χ2n) is 8.63. The molecular formula is C26H36N2O14. The summed E-state index contributed by atoms with van der Waals surface area (Å²) in [4.78, 5) is 92.9. The molecule has 0 spiro atoms. The van der Waals surface area contributed by atoms with Gasteiger partial charge < -0.3 is 39.1 Å². The van der Waals surface area contributed by atoms with Gasteiger partial charge in [0, 0.05) is 37.1 Å². The highest BCUT2D eigenvalue weighted by Crippen LogP contribution is 2.00. The van der Waals surface area contributed by atoms with Crippen LogP contribution in [0.4, 0.5) is 0 Å². The molecule has 2 amide bonds. The van der Waals surface area contributed by atoms with Crippen molar-refractivity contribution in [3.8, 4) is 0 Å². The molecule has 0 rings (SSSR count). The summed E-state index contributed by atoms with van der Waals surface area (Å²) < 4.78 is 28.4. The van der Waals surface area contributed by atoms with E-state index >= 15 is 0 Å². The maximum absolute atomic E-state index is 11.9. The van der Waals surface area contributed by atoms with Gasteiger partial charge >= 0.3 is 47.6 Å². The minimum atomic E-state index is -1.30. The van der Waals surface area contributed by atoms with Crippen molar-refractivity contribution in [2.75, 3.05) is 39.5 Å². The molecule has 0 bridgehead atoms. The Morgan fingerprint density at radius 1 is 0.524 bits per heavy atom. The molecule has 0 saturated carbocycles. The van der Waals surface area contributed by atoms with Crippen molar-refractivity contribution in [1.29, 1.82) is 0 Å². The van der Waals surface area contributed by atoms with Crippen molar-refractivity contribution in [3.05, 3.63) is 24.3 Å². The lowest BCUT2D eigenvalue weighted by molar-refractivity contribution is -0.171. The summed E-state index contributed by atoms with van der Waals surface area (Å²) in [5.41, 5.74) is 0.319. The third-order valence-corrected chi connectivity index (χ3v) is 4.63. The summed E-state index contributed by atoms with van der Waals surface area (Å²) >= 11 is 0. The molecule has 2 unspecified atom stereocenters. The molecule has 0 aromatic rings. The van der Waals surface area contributed by atoms with E-state index in [2.05, 4.69) is 33.3 Å². The Labute approximate surface area is 242 Å². The summed E-state index contributed by atoms with van der Waals surface area (Å²) in [5, 5.41) is 4.61. The molecule has 2 N–H and O–H groups in total. The zero-order valence-corrected chi connectivity index (χ0v) is 23.9. The van der Waals surface area contributed by atoms with Gasteiger partial charge in [0.05, 0.1) is 0 Å². The Hall–Kier alpha value is -4.76. The number of hydrogen-bond donors (Lipinski definition) is 2. The van der Waals surface area contributed by atoms with E-state index in [0.29, 0.717) is 0 Å². The largest absolute Gasteiger partial charge is 0.459 e. The molecule has 0 aliphatic heterocycles. The van der Waals surface area contributed by atoms with Crippen molar-refractivity contribution >= 4 is 47.6 Å². The third-order valence-electron chi connectivity index (χ3n) is 4.63. The molecule has 16 nitrogen and oxygen atoms in total. The van der Waals surface area contributed by atoms with Crippen LogP contribution in [-0.2, 0) is 66.8 Å². The second-order valence-corrected chi connectivity index (χ2v) is 8.63. The monoisotopic (exact) mass is 600 g/mol. The van der Waals surface area contributed by atoms with Crippen LogP contribution >= 0.6 is 0 Å². The molecule has 0 aromatic carbocycles. The summed E-state index contributed by atoms with van der Waals surface area (Å²) in [6, 6.07) is 0. The van der Waals surface area contributed by atoms with Gasteiger partial charge in [0.1, 0.15) is 38.6 Å². The van der Waals surface area contributed by atoms with Gasteiger partial charge in [-0.05, 0) is 27.7 Å². The lowest BCUT2D eigenvalue weighted by atomic mass is 10.2. The average Bonchev–Trinajstić information content (AvgIpc) is 2.92. The molecule has 0 heterocycles. The normalized spacial score (nSPS) is 11.4. The van der Waals surface area contributed by atoms with Crippen LogP contribution in [0, 0.1) is 0 Å². The van der Waals surface area contributed by atoms with E-state index in [4.69, 9.17) is 18.9 Å². The predicted molar refractivity (Wildman–Crippen MR) is 140 cm³/mol. The number of carbonyl (C=O) groups excluding carboxylic acids is 8. The second kappa shape index (κ2) is 20.2. The van der Waals surface area contributed by atoms with Gasteiger partial charge in [0.25, 0.3) is 0 Å². The highest BCUT2D eigenvalue weighted by atomic mass is 16.6. The van der Waals surface area contributed by atoms with E-state index < -0.39 is 59.8 Å². The van der Waals surface area contributed by atoms with Crippen LogP contribution in [-0.4, -0.2) is 99.4 Å². The number of nitrogens with one attached hydrogen (secondary N) is 2. The van der Waals surface area contributed by atoms with Crippen LogP contribution in [0.25, 0.3) is 0 Å². The SMILES string of the molecule is C=C(C)C(=O)OCCOC(=O)C(=O)OC(C)CCNC(=O)C(=O)NCCC(C)OC(=O)C(=O)OCCOC(=O)C(=C)C. The lowest BCUT2D eigenvalue weighted by Gasteiger charge is -2.14. The summed E-state index contributed by atoms with van der Waals surface area (Å²) in [7, 11) is 0. The summed E-state index contributed by atoms with van der Waals surface area (Å²) in [5.74, 6) is -8.49. The lowest BCUT2D eigenvalue weighted by Crippen LogP contribution is -2.42. The van der Waals surface area contributed by atoms with Crippen molar-refractivity contribution in [2.45, 2.75) is 52.7 Å².